The minimum atomic E-state index is -0.0621. The number of anilines is 1. The Balaban J connectivity index is 1.93. The van der Waals surface area contributed by atoms with Crippen molar-refractivity contribution in [2.45, 2.75) is 37.5 Å². The fraction of sp³-hybridized carbons (Fsp3) is 0.250. The molecule has 0 amide bonds. The van der Waals surface area contributed by atoms with E-state index in [4.69, 9.17) is 5.73 Å². The maximum atomic E-state index is 6.23. The molecule has 3 aromatic carbocycles. The van der Waals surface area contributed by atoms with Crippen LogP contribution in [0, 0.1) is 0 Å². The third-order valence-electron chi connectivity index (χ3n) is 6.42. The van der Waals surface area contributed by atoms with Crippen molar-refractivity contribution < 1.29 is 0 Å². The highest BCUT2D eigenvalue weighted by molar-refractivity contribution is 5.85. The molecule has 2 N–H and O–H groups in total. The molecule has 1 heteroatoms. The summed E-state index contributed by atoms with van der Waals surface area (Å²) in [5.41, 5.74) is 15.7. The van der Waals surface area contributed by atoms with Gasteiger partial charge in [0.15, 0.2) is 0 Å². The quantitative estimate of drug-likeness (QED) is 0.531. The van der Waals surface area contributed by atoms with Gasteiger partial charge in [-0.25, -0.2) is 0 Å². The number of hydrogen-bond donors (Lipinski definition) is 1. The molecule has 25 heavy (non-hydrogen) atoms. The van der Waals surface area contributed by atoms with Crippen molar-refractivity contribution in [1.82, 2.24) is 0 Å². The minimum absolute atomic E-state index is 0.0621. The lowest BCUT2D eigenvalue weighted by molar-refractivity contribution is 0.369. The van der Waals surface area contributed by atoms with Gasteiger partial charge in [0.25, 0.3) is 0 Å². The fourth-order valence-electron chi connectivity index (χ4n) is 5.16. The third kappa shape index (κ3) is 1.79. The Bertz CT molecular complexity index is 998. The molecule has 0 saturated carbocycles. The summed E-state index contributed by atoms with van der Waals surface area (Å²) in [4.78, 5) is 0. The molecule has 0 radical (unpaired) electrons. The van der Waals surface area contributed by atoms with Crippen LogP contribution < -0.4 is 5.73 Å². The molecule has 1 spiro atoms. The molecular weight excluding hydrogens is 302 g/mol. The van der Waals surface area contributed by atoms with E-state index >= 15 is 0 Å². The molecule has 3 aromatic rings. The monoisotopic (exact) mass is 325 g/mol. The molecule has 124 valence electrons. The van der Waals surface area contributed by atoms with Gasteiger partial charge in [0.05, 0.1) is 0 Å². The van der Waals surface area contributed by atoms with Crippen molar-refractivity contribution in [3.8, 4) is 11.1 Å². The molecule has 5 rings (SSSR count). The molecule has 1 unspecified atom stereocenters. The van der Waals surface area contributed by atoms with Gasteiger partial charge in [-0.05, 0) is 63.8 Å². The highest BCUT2D eigenvalue weighted by Gasteiger charge is 2.49. The Morgan fingerprint density at radius 3 is 2.12 bits per heavy atom. The first-order valence-corrected chi connectivity index (χ1v) is 9.14. The number of benzene rings is 3. The van der Waals surface area contributed by atoms with E-state index < -0.39 is 0 Å². The van der Waals surface area contributed by atoms with Gasteiger partial charge in [-0.2, -0.15) is 0 Å². The minimum Gasteiger partial charge on any atom is -0.399 e. The van der Waals surface area contributed by atoms with Crippen molar-refractivity contribution in [2.75, 3.05) is 5.73 Å². The Kier molecular flexibility index (Phi) is 2.81. The van der Waals surface area contributed by atoms with Crippen LogP contribution in [-0.4, -0.2) is 0 Å². The summed E-state index contributed by atoms with van der Waals surface area (Å²) >= 11 is 0. The summed E-state index contributed by atoms with van der Waals surface area (Å²) in [7, 11) is 0. The maximum Gasteiger partial charge on any atom is 0.0467 e. The third-order valence-corrected chi connectivity index (χ3v) is 6.42. The van der Waals surface area contributed by atoms with Crippen molar-refractivity contribution in [3.63, 3.8) is 0 Å². The number of hydrogen-bond acceptors (Lipinski definition) is 1. The van der Waals surface area contributed by atoms with Crippen LogP contribution in [0.5, 0.6) is 0 Å². The van der Waals surface area contributed by atoms with Crippen LogP contribution in [0.3, 0.4) is 0 Å². The van der Waals surface area contributed by atoms with Crippen LogP contribution in [0.15, 0.2) is 66.7 Å². The zero-order chi connectivity index (χ0) is 17.2. The fourth-order valence-corrected chi connectivity index (χ4v) is 5.16. The molecule has 0 saturated heterocycles. The highest BCUT2D eigenvalue weighted by Crippen LogP contribution is 2.60. The van der Waals surface area contributed by atoms with Crippen LogP contribution in [0.4, 0.5) is 5.69 Å². The molecular formula is C24H23N. The zero-order valence-electron chi connectivity index (χ0n) is 14.8. The van der Waals surface area contributed by atoms with E-state index in [2.05, 4.69) is 74.5 Å². The van der Waals surface area contributed by atoms with E-state index in [0.29, 0.717) is 0 Å². The van der Waals surface area contributed by atoms with Crippen LogP contribution in [-0.2, 0) is 10.8 Å². The predicted molar refractivity (Wildman–Crippen MR) is 105 cm³/mol. The first-order chi connectivity index (χ1) is 12.0. The Morgan fingerprint density at radius 1 is 0.680 bits per heavy atom. The van der Waals surface area contributed by atoms with Crippen LogP contribution >= 0.6 is 0 Å². The Labute approximate surface area is 149 Å². The first kappa shape index (κ1) is 14.8. The smallest absolute Gasteiger partial charge is 0.0467 e. The average Bonchev–Trinajstić information content (AvgIpc) is 2.89. The van der Waals surface area contributed by atoms with Gasteiger partial charge in [0, 0.05) is 11.1 Å². The lowest BCUT2D eigenvalue weighted by atomic mass is 9.58. The van der Waals surface area contributed by atoms with E-state index in [9.17, 15) is 0 Å². The Hall–Kier alpha value is -2.54. The summed E-state index contributed by atoms with van der Waals surface area (Å²) in [6.07, 6.45) is 2.30. The zero-order valence-corrected chi connectivity index (χ0v) is 14.8. The average molecular weight is 325 g/mol. The first-order valence-electron chi connectivity index (χ1n) is 9.14. The van der Waals surface area contributed by atoms with E-state index in [1.165, 1.54) is 39.8 Å². The van der Waals surface area contributed by atoms with Crippen molar-refractivity contribution >= 4 is 5.69 Å². The summed E-state index contributed by atoms with van der Waals surface area (Å²) in [6.45, 7) is 4.75. The van der Waals surface area contributed by atoms with Gasteiger partial charge in [0.2, 0.25) is 0 Å². The second kappa shape index (κ2) is 4.76. The molecule has 2 aliphatic carbocycles. The highest BCUT2D eigenvalue weighted by atomic mass is 14.6. The summed E-state index contributed by atoms with van der Waals surface area (Å²) in [5, 5.41) is 0. The van der Waals surface area contributed by atoms with Gasteiger partial charge in [-0.15, -0.1) is 0 Å². The Morgan fingerprint density at radius 2 is 1.32 bits per heavy atom. The van der Waals surface area contributed by atoms with E-state index in [0.717, 1.165) is 12.1 Å². The number of nitrogens with two attached hydrogens (primary N) is 1. The van der Waals surface area contributed by atoms with Crippen LogP contribution in [0.1, 0.15) is 48.9 Å². The van der Waals surface area contributed by atoms with Gasteiger partial charge < -0.3 is 5.73 Å². The predicted octanol–water partition coefficient (Wildman–Crippen LogP) is 5.66. The molecule has 0 heterocycles. The molecule has 1 nitrogen and oxygen atoms in total. The topological polar surface area (TPSA) is 26.0 Å². The largest absolute Gasteiger partial charge is 0.399 e. The summed E-state index contributed by atoms with van der Waals surface area (Å²) in [6, 6.07) is 24.4. The molecule has 0 aromatic heterocycles. The SMILES string of the molecule is CC1(C)CCC2(c3ccccc3-c3ccc(N)cc32)c2ccccc21. The van der Waals surface area contributed by atoms with E-state index in [1.807, 2.05) is 6.07 Å². The number of fused-ring (bicyclic) bond motifs is 7. The van der Waals surface area contributed by atoms with E-state index in [-0.39, 0.29) is 10.8 Å². The standard InChI is InChI=1S/C24H23N/c1-23(2)13-14-24(21-10-6-5-9-20(21)23)19-8-4-3-7-17(19)18-12-11-16(25)15-22(18)24/h3-12,15H,13-14,25H2,1-2H3. The van der Waals surface area contributed by atoms with Crippen LogP contribution in [0.2, 0.25) is 0 Å². The second-order valence-electron chi connectivity index (χ2n) is 8.19. The summed E-state index contributed by atoms with van der Waals surface area (Å²) in [5.74, 6) is 0. The van der Waals surface area contributed by atoms with Crippen molar-refractivity contribution in [2.24, 2.45) is 0 Å². The molecule has 0 fully saturated rings. The van der Waals surface area contributed by atoms with Gasteiger partial charge in [-0.3, -0.25) is 0 Å². The van der Waals surface area contributed by atoms with Gasteiger partial charge in [-0.1, -0.05) is 68.4 Å². The van der Waals surface area contributed by atoms with Gasteiger partial charge in [0.1, 0.15) is 0 Å². The summed E-state index contributed by atoms with van der Waals surface area (Å²) < 4.78 is 0. The maximum absolute atomic E-state index is 6.23. The number of rotatable bonds is 0. The molecule has 0 bridgehead atoms. The lowest BCUT2D eigenvalue weighted by Crippen LogP contribution is -2.38. The van der Waals surface area contributed by atoms with Crippen molar-refractivity contribution in [3.05, 3.63) is 89.0 Å². The van der Waals surface area contributed by atoms with Crippen LogP contribution in [0.25, 0.3) is 11.1 Å². The van der Waals surface area contributed by atoms with Gasteiger partial charge >= 0.3 is 0 Å². The number of nitrogen functional groups attached to an aromatic ring is 1. The second-order valence-corrected chi connectivity index (χ2v) is 8.19. The molecule has 0 aliphatic heterocycles. The molecule has 1 atom stereocenters. The van der Waals surface area contributed by atoms with Crippen molar-refractivity contribution in [1.29, 1.82) is 0 Å². The molecule has 2 aliphatic rings. The lowest BCUT2D eigenvalue weighted by Gasteiger charge is -2.45. The normalized spacial score (nSPS) is 22.3. The van der Waals surface area contributed by atoms with E-state index in [1.54, 1.807) is 0 Å².